The minimum atomic E-state index is -0.343. The van der Waals surface area contributed by atoms with E-state index in [1.807, 2.05) is 30.5 Å². The summed E-state index contributed by atoms with van der Waals surface area (Å²) in [6.45, 7) is 1.37. The maximum absolute atomic E-state index is 13.2. The van der Waals surface area contributed by atoms with Gasteiger partial charge in [-0.15, -0.1) is 5.10 Å². The number of para-hydroxylation sites is 1. The largest absolute Gasteiger partial charge is 0.342 e. The van der Waals surface area contributed by atoms with Gasteiger partial charge in [0, 0.05) is 42.8 Å². The molecular weight excluding hydrogens is 402 g/mol. The van der Waals surface area contributed by atoms with Crippen molar-refractivity contribution in [1.29, 1.82) is 0 Å². The van der Waals surface area contributed by atoms with Crippen LogP contribution >= 0.6 is 0 Å². The monoisotopic (exact) mass is 423 g/mol. The second-order valence-electron chi connectivity index (χ2n) is 8.40. The summed E-state index contributed by atoms with van der Waals surface area (Å²) in [6.07, 6.45) is 5.59. The molecule has 4 aromatic rings. The van der Waals surface area contributed by atoms with Gasteiger partial charge in [0.1, 0.15) is 5.69 Å². The van der Waals surface area contributed by atoms with Crippen molar-refractivity contribution in [2.24, 2.45) is 0 Å². The first kappa shape index (κ1) is 18.7. The summed E-state index contributed by atoms with van der Waals surface area (Å²) in [5, 5.41) is 9.43. The topological polar surface area (TPSA) is 73.0 Å². The molecule has 0 atom stereocenters. The van der Waals surface area contributed by atoms with E-state index in [0.717, 1.165) is 29.3 Å². The van der Waals surface area contributed by atoms with E-state index in [-0.39, 0.29) is 11.8 Å². The number of fused-ring (bicyclic) bond motifs is 11. The van der Waals surface area contributed by atoms with Crippen molar-refractivity contribution in [2.45, 2.75) is 25.9 Å². The molecule has 158 valence electrons. The highest BCUT2D eigenvalue weighted by Gasteiger charge is 2.39. The Labute approximate surface area is 184 Å². The Hall–Kier alpha value is -4.00. The third-order valence-electron chi connectivity index (χ3n) is 6.34. The fraction of sp³-hybridized carbons (Fsp3) is 0.200. The van der Waals surface area contributed by atoms with Gasteiger partial charge < -0.3 is 4.57 Å². The van der Waals surface area contributed by atoms with Gasteiger partial charge in [0.05, 0.1) is 17.3 Å². The summed E-state index contributed by atoms with van der Waals surface area (Å²) >= 11 is 0. The molecule has 2 aliphatic rings. The molecule has 2 amide bonds. The van der Waals surface area contributed by atoms with Crippen LogP contribution in [0.15, 0.2) is 60.9 Å². The zero-order valence-corrected chi connectivity index (χ0v) is 17.7. The lowest BCUT2D eigenvalue weighted by Crippen LogP contribution is -2.26. The number of imide groups is 1. The van der Waals surface area contributed by atoms with E-state index in [2.05, 4.69) is 39.1 Å². The molecule has 7 nitrogen and oxygen atoms in total. The smallest absolute Gasteiger partial charge is 0.263 e. The number of hydrogen-bond acceptors (Lipinski definition) is 4. The molecule has 2 aromatic carbocycles. The average Bonchev–Trinajstić information content (AvgIpc) is 3.46. The predicted molar refractivity (Wildman–Crippen MR) is 120 cm³/mol. The van der Waals surface area contributed by atoms with Gasteiger partial charge in [0.15, 0.2) is 0 Å². The van der Waals surface area contributed by atoms with Gasteiger partial charge in [-0.05, 0) is 30.0 Å². The summed E-state index contributed by atoms with van der Waals surface area (Å²) < 4.78 is 3.91. The maximum Gasteiger partial charge on any atom is 0.263 e. The third-order valence-corrected chi connectivity index (χ3v) is 6.34. The van der Waals surface area contributed by atoms with Gasteiger partial charge in [-0.1, -0.05) is 47.7 Å². The highest BCUT2D eigenvalue weighted by molar-refractivity contribution is 6.49. The number of hydrogen-bond donors (Lipinski definition) is 0. The fourth-order valence-corrected chi connectivity index (χ4v) is 4.75. The molecule has 0 unspecified atom stereocenters. The van der Waals surface area contributed by atoms with Crippen molar-refractivity contribution in [3.05, 3.63) is 83.3 Å². The molecule has 0 fully saturated rings. The highest BCUT2D eigenvalue weighted by atomic mass is 16.2. The number of aromatic nitrogens is 4. The number of rotatable bonds is 0. The van der Waals surface area contributed by atoms with Crippen LogP contribution in [0.25, 0.3) is 22.0 Å². The van der Waals surface area contributed by atoms with Gasteiger partial charge in [-0.2, -0.15) is 0 Å². The number of aryl methyl sites for hydroxylation is 2. The number of amides is 2. The Balaban J connectivity index is 1.65. The number of carbonyl (C=O) groups is 2. The summed E-state index contributed by atoms with van der Waals surface area (Å²) in [6, 6.07) is 16.6. The number of likely N-dealkylation sites (N-methyl/N-ethyl adjacent to an activating group) is 1. The number of nitrogens with zero attached hydrogens (tertiary/aromatic N) is 5. The van der Waals surface area contributed by atoms with Crippen LogP contribution in [0.1, 0.15) is 28.8 Å². The summed E-state index contributed by atoms with van der Waals surface area (Å²) in [7, 11) is 1.52. The van der Waals surface area contributed by atoms with Crippen LogP contribution in [-0.2, 0) is 29.1 Å². The van der Waals surface area contributed by atoms with Crippen molar-refractivity contribution < 1.29 is 9.59 Å². The van der Waals surface area contributed by atoms with Gasteiger partial charge in [0.2, 0.25) is 0 Å². The lowest BCUT2D eigenvalue weighted by Gasteiger charge is -2.08. The Bertz CT molecular complexity index is 1440. The van der Waals surface area contributed by atoms with Gasteiger partial charge in [-0.25, -0.2) is 0 Å². The molecule has 0 N–H and O–H groups in total. The molecule has 2 aromatic heterocycles. The van der Waals surface area contributed by atoms with E-state index in [9.17, 15) is 9.59 Å². The highest BCUT2D eigenvalue weighted by Crippen LogP contribution is 2.38. The van der Waals surface area contributed by atoms with E-state index < -0.39 is 0 Å². The fourth-order valence-electron chi connectivity index (χ4n) is 4.75. The molecular formula is C25H21N5O2. The van der Waals surface area contributed by atoms with Crippen LogP contribution in [0.3, 0.4) is 0 Å². The van der Waals surface area contributed by atoms with E-state index in [4.69, 9.17) is 0 Å². The molecule has 0 radical (unpaired) electrons. The first-order valence-corrected chi connectivity index (χ1v) is 10.7. The predicted octanol–water partition coefficient (Wildman–Crippen LogP) is 3.14. The van der Waals surface area contributed by atoms with Crippen LogP contribution in [0.2, 0.25) is 0 Å². The average molecular weight is 423 g/mol. The molecule has 6 rings (SSSR count). The quantitative estimate of drug-likeness (QED) is 0.408. The Morgan fingerprint density at radius 2 is 1.72 bits per heavy atom. The van der Waals surface area contributed by atoms with Gasteiger partial charge in [-0.3, -0.25) is 19.2 Å². The van der Waals surface area contributed by atoms with E-state index in [1.54, 1.807) is 10.9 Å². The SMILES string of the molecule is CN1C(=O)C2=C(C1=O)c1cn(c3ccccc13)Cc1cccc(c1)CCCn1cc2nn1. The third kappa shape index (κ3) is 2.81. The summed E-state index contributed by atoms with van der Waals surface area (Å²) in [5.74, 6) is -0.654. The minimum Gasteiger partial charge on any atom is -0.342 e. The molecule has 32 heavy (non-hydrogen) atoms. The summed E-state index contributed by atoms with van der Waals surface area (Å²) in [5.41, 5.74) is 5.40. The molecule has 0 spiro atoms. The van der Waals surface area contributed by atoms with E-state index >= 15 is 0 Å². The van der Waals surface area contributed by atoms with Crippen LogP contribution in [0, 0.1) is 0 Å². The Morgan fingerprint density at radius 1 is 0.906 bits per heavy atom. The van der Waals surface area contributed by atoms with E-state index in [1.165, 1.54) is 23.1 Å². The molecule has 4 heterocycles. The Morgan fingerprint density at radius 3 is 2.62 bits per heavy atom. The first-order chi connectivity index (χ1) is 15.6. The zero-order valence-electron chi connectivity index (χ0n) is 17.7. The van der Waals surface area contributed by atoms with Crippen LogP contribution in [0.4, 0.5) is 0 Å². The van der Waals surface area contributed by atoms with Crippen LogP contribution in [-0.4, -0.2) is 43.3 Å². The minimum absolute atomic E-state index is 0.311. The van der Waals surface area contributed by atoms with Crippen molar-refractivity contribution in [2.75, 3.05) is 7.05 Å². The molecule has 0 saturated carbocycles. The van der Waals surface area contributed by atoms with Crippen LogP contribution in [0.5, 0.6) is 0 Å². The zero-order chi connectivity index (χ0) is 21.8. The second-order valence-corrected chi connectivity index (χ2v) is 8.40. The van der Waals surface area contributed by atoms with Crippen molar-refractivity contribution in [1.82, 2.24) is 24.5 Å². The number of carbonyl (C=O) groups excluding carboxylic acids is 2. The molecule has 6 bridgehead atoms. The second kappa shape index (κ2) is 7.02. The van der Waals surface area contributed by atoms with E-state index in [0.29, 0.717) is 29.9 Å². The summed E-state index contributed by atoms with van der Waals surface area (Å²) in [4.78, 5) is 27.5. The maximum atomic E-state index is 13.2. The normalized spacial score (nSPS) is 16.3. The Kier molecular flexibility index (Phi) is 4.11. The number of benzene rings is 2. The molecule has 0 saturated heterocycles. The van der Waals surface area contributed by atoms with Crippen molar-refractivity contribution in [3.63, 3.8) is 0 Å². The van der Waals surface area contributed by atoms with Gasteiger partial charge in [0.25, 0.3) is 11.8 Å². The molecule has 0 aliphatic carbocycles. The van der Waals surface area contributed by atoms with Crippen molar-refractivity contribution in [3.8, 4) is 0 Å². The lowest BCUT2D eigenvalue weighted by molar-refractivity contribution is -0.134. The molecule has 2 aliphatic heterocycles. The van der Waals surface area contributed by atoms with Crippen LogP contribution < -0.4 is 0 Å². The first-order valence-electron chi connectivity index (χ1n) is 10.7. The molecule has 7 heteroatoms. The lowest BCUT2D eigenvalue weighted by atomic mass is 9.99. The standard InChI is InChI=1S/C25H21N5O2/c1-28-24(31)22-19-14-29(21-10-3-2-9-18(19)21)13-17-7-4-6-16(12-17)8-5-11-30-15-20(26-27-30)23(22)25(28)32/h2-4,6-7,9-10,12,14-15H,5,8,11,13H2,1H3. The van der Waals surface area contributed by atoms with Gasteiger partial charge >= 0.3 is 0 Å². The van der Waals surface area contributed by atoms with Crippen molar-refractivity contribution >= 4 is 33.9 Å².